The van der Waals surface area contributed by atoms with Crippen molar-refractivity contribution in [3.8, 4) is 0 Å². The van der Waals surface area contributed by atoms with Crippen LogP contribution in [0.3, 0.4) is 0 Å². The van der Waals surface area contributed by atoms with E-state index in [0.29, 0.717) is 6.54 Å². The molecular formula is C23H27NO2. The van der Waals surface area contributed by atoms with Gasteiger partial charge in [-0.3, -0.25) is 4.90 Å². The van der Waals surface area contributed by atoms with Gasteiger partial charge in [0.05, 0.1) is 12.6 Å². The van der Waals surface area contributed by atoms with Crippen LogP contribution in [-0.2, 0) is 17.7 Å². The molecule has 26 heavy (non-hydrogen) atoms. The first-order chi connectivity index (χ1) is 12.4. The SMILES string of the molecule is C/C=C1/c2ccccc2CN(C(=O)OC(C)(C)C)[C@H]1Cc1ccccc1. The molecule has 136 valence electrons. The van der Waals surface area contributed by atoms with Crippen molar-refractivity contribution in [1.82, 2.24) is 4.90 Å². The Hall–Kier alpha value is -2.55. The Kier molecular flexibility index (Phi) is 5.17. The molecule has 1 aliphatic heterocycles. The molecule has 0 aromatic heterocycles. The summed E-state index contributed by atoms with van der Waals surface area (Å²) in [6.45, 7) is 8.34. The predicted molar refractivity (Wildman–Crippen MR) is 106 cm³/mol. The van der Waals surface area contributed by atoms with E-state index in [4.69, 9.17) is 4.74 Å². The summed E-state index contributed by atoms with van der Waals surface area (Å²) in [6.07, 6.45) is 2.64. The Bertz CT molecular complexity index is 802. The van der Waals surface area contributed by atoms with Gasteiger partial charge in [0, 0.05) is 0 Å². The van der Waals surface area contributed by atoms with E-state index in [-0.39, 0.29) is 12.1 Å². The first-order valence-electron chi connectivity index (χ1n) is 9.17. The van der Waals surface area contributed by atoms with Crippen LogP contribution in [-0.4, -0.2) is 22.6 Å². The number of nitrogens with zero attached hydrogens (tertiary/aromatic N) is 1. The number of rotatable bonds is 2. The van der Waals surface area contributed by atoms with Gasteiger partial charge in [-0.05, 0) is 56.4 Å². The number of allylic oxidation sites excluding steroid dienone is 1. The second-order valence-electron chi connectivity index (χ2n) is 7.71. The van der Waals surface area contributed by atoms with Gasteiger partial charge in [0.2, 0.25) is 0 Å². The lowest BCUT2D eigenvalue weighted by atomic mass is 9.85. The molecular weight excluding hydrogens is 322 g/mol. The summed E-state index contributed by atoms with van der Waals surface area (Å²) in [5.41, 5.74) is 4.28. The van der Waals surface area contributed by atoms with Gasteiger partial charge < -0.3 is 4.74 Å². The largest absolute Gasteiger partial charge is 0.444 e. The van der Waals surface area contributed by atoms with E-state index >= 15 is 0 Å². The summed E-state index contributed by atoms with van der Waals surface area (Å²) in [5, 5.41) is 0. The fourth-order valence-electron chi connectivity index (χ4n) is 3.50. The molecule has 0 saturated heterocycles. The highest BCUT2D eigenvalue weighted by Crippen LogP contribution is 2.35. The molecule has 3 nitrogen and oxygen atoms in total. The van der Waals surface area contributed by atoms with Crippen LogP contribution in [0.4, 0.5) is 4.79 Å². The standard InChI is InChI=1S/C23H27NO2/c1-5-19-20-14-10-9-13-18(20)16-24(22(25)26-23(2,3)4)21(19)15-17-11-7-6-8-12-17/h5-14,21H,15-16H2,1-4H3/b19-5-/t21-/m0/s1. The molecule has 0 radical (unpaired) electrons. The molecule has 2 aromatic carbocycles. The van der Waals surface area contributed by atoms with Gasteiger partial charge >= 0.3 is 6.09 Å². The van der Waals surface area contributed by atoms with E-state index in [2.05, 4.69) is 36.4 Å². The fourth-order valence-corrected chi connectivity index (χ4v) is 3.50. The minimum atomic E-state index is -0.512. The van der Waals surface area contributed by atoms with Gasteiger partial charge in [0.25, 0.3) is 0 Å². The number of hydrogen-bond donors (Lipinski definition) is 0. The molecule has 3 rings (SSSR count). The van der Waals surface area contributed by atoms with E-state index in [9.17, 15) is 4.79 Å². The highest BCUT2D eigenvalue weighted by Gasteiger charge is 2.35. The van der Waals surface area contributed by atoms with Crippen LogP contribution >= 0.6 is 0 Å². The zero-order valence-corrected chi connectivity index (χ0v) is 16.0. The molecule has 1 aliphatic rings. The molecule has 1 atom stereocenters. The van der Waals surface area contributed by atoms with E-state index < -0.39 is 5.60 Å². The van der Waals surface area contributed by atoms with Crippen molar-refractivity contribution in [1.29, 1.82) is 0 Å². The van der Waals surface area contributed by atoms with Gasteiger partial charge in [-0.25, -0.2) is 4.79 Å². The van der Waals surface area contributed by atoms with Crippen molar-refractivity contribution in [3.63, 3.8) is 0 Å². The Balaban J connectivity index is 2.00. The maximum absolute atomic E-state index is 13.0. The van der Waals surface area contributed by atoms with Crippen LogP contribution in [0, 0.1) is 0 Å². The molecule has 0 fully saturated rings. The van der Waals surface area contributed by atoms with Crippen molar-refractivity contribution in [2.24, 2.45) is 0 Å². The second-order valence-corrected chi connectivity index (χ2v) is 7.71. The van der Waals surface area contributed by atoms with Gasteiger partial charge in [0.15, 0.2) is 0 Å². The highest BCUT2D eigenvalue weighted by molar-refractivity contribution is 5.80. The van der Waals surface area contributed by atoms with E-state index in [1.54, 1.807) is 0 Å². The summed E-state index contributed by atoms with van der Waals surface area (Å²) in [7, 11) is 0. The lowest BCUT2D eigenvalue weighted by Gasteiger charge is -2.39. The van der Waals surface area contributed by atoms with E-state index in [1.165, 1.54) is 16.7 Å². The van der Waals surface area contributed by atoms with Crippen LogP contribution in [0.5, 0.6) is 0 Å². The monoisotopic (exact) mass is 349 g/mol. The molecule has 3 heteroatoms. The topological polar surface area (TPSA) is 29.5 Å². The molecule has 0 N–H and O–H groups in total. The first-order valence-corrected chi connectivity index (χ1v) is 9.17. The number of benzene rings is 2. The third-order valence-corrected chi connectivity index (χ3v) is 4.62. The van der Waals surface area contributed by atoms with Gasteiger partial charge in [-0.2, -0.15) is 0 Å². The molecule has 0 bridgehead atoms. The van der Waals surface area contributed by atoms with Crippen LogP contribution in [0.25, 0.3) is 5.57 Å². The molecule has 2 aromatic rings. The van der Waals surface area contributed by atoms with Gasteiger partial charge in [-0.1, -0.05) is 60.7 Å². The van der Waals surface area contributed by atoms with Crippen LogP contribution < -0.4 is 0 Å². The third kappa shape index (κ3) is 3.98. The Morgan fingerprint density at radius 2 is 1.77 bits per heavy atom. The van der Waals surface area contributed by atoms with Gasteiger partial charge in [-0.15, -0.1) is 0 Å². The Labute approximate surface area is 156 Å². The molecule has 1 heterocycles. The summed E-state index contributed by atoms with van der Waals surface area (Å²) < 4.78 is 5.71. The molecule has 0 spiro atoms. The van der Waals surface area contributed by atoms with Crippen molar-refractivity contribution in [2.45, 2.75) is 52.3 Å². The first kappa shape index (κ1) is 18.2. The maximum atomic E-state index is 13.0. The normalized spacial score (nSPS) is 18.5. The molecule has 1 amide bonds. The third-order valence-electron chi connectivity index (χ3n) is 4.62. The fraction of sp³-hybridized carbons (Fsp3) is 0.348. The lowest BCUT2D eigenvalue weighted by Crippen LogP contribution is -2.46. The smallest absolute Gasteiger partial charge is 0.411 e. The molecule has 0 aliphatic carbocycles. The lowest BCUT2D eigenvalue weighted by molar-refractivity contribution is 0.0179. The number of hydrogen-bond acceptors (Lipinski definition) is 2. The van der Waals surface area contributed by atoms with Crippen molar-refractivity contribution < 1.29 is 9.53 Å². The number of carbonyl (C=O) groups excluding carboxylic acids is 1. The Morgan fingerprint density at radius 1 is 1.12 bits per heavy atom. The van der Waals surface area contributed by atoms with Crippen molar-refractivity contribution >= 4 is 11.7 Å². The van der Waals surface area contributed by atoms with Crippen LogP contribution in [0.2, 0.25) is 0 Å². The summed E-state index contributed by atoms with van der Waals surface area (Å²) in [4.78, 5) is 14.8. The van der Waals surface area contributed by atoms with Crippen LogP contribution in [0.1, 0.15) is 44.4 Å². The summed E-state index contributed by atoms with van der Waals surface area (Å²) in [5.74, 6) is 0. The average molecular weight is 349 g/mol. The number of fused-ring (bicyclic) bond motifs is 1. The average Bonchev–Trinajstić information content (AvgIpc) is 2.60. The zero-order chi connectivity index (χ0) is 18.7. The Morgan fingerprint density at radius 3 is 2.42 bits per heavy atom. The van der Waals surface area contributed by atoms with Crippen LogP contribution in [0.15, 0.2) is 60.7 Å². The van der Waals surface area contributed by atoms with Gasteiger partial charge in [0.1, 0.15) is 5.60 Å². The number of carbonyl (C=O) groups is 1. The number of ether oxygens (including phenoxy) is 1. The molecule has 0 saturated carbocycles. The van der Waals surface area contributed by atoms with Crippen molar-refractivity contribution in [3.05, 3.63) is 77.4 Å². The second kappa shape index (κ2) is 7.36. The quantitative estimate of drug-likeness (QED) is 0.721. The number of amides is 1. The van der Waals surface area contributed by atoms with E-state index in [1.807, 2.05) is 56.9 Å². The minimum Gasteiger partial charge on any atom is -0.444 e. The summed E-state index contributed by atoms with van der Waals surface area (Å²) in [6, 6.07) is 18.6. The summed E-state index contributed by atoms with van der Waals surface area (Å²) >= 11 is 0. The van der Waals surface area contributed by atoms with Crippen molar-refractivity contribution in [2.75, 3.05) is 0 Å². The maximum Gasteiger partial charge on any atom is 0.411 e. The zero-order valence-electron chi connectivity index (χ0n) is 16.0. The highest BCUT2D eigenvalue weighted by atomic mass is 16.6. The van der Waals surface area contributed by atoms with E-state index in [0.717, 1.165) is 12.0 Å². The molecule has 0 unspecified atom stereocenters. The predicted octanol–water partition coefficient (Wildman–Crippen LogP) is 5.45. The minimum absolute atomic E-state index is 0.0350.